The molecule has 1 aromatic carbocycles. The molecular formula is C16H24ClNO. The highest BCUT2D eigenvalue weighted by molar-refractivity contribution is 6.30. The van der Waals surface area contributed by atoms with Gasteiger partial charge < -0.3 is 10.1 Å². The highest BCUT2D eigenvalue weighted by Gasteiger charge is 2.41. The van der Waals surface area contributed by atoms with E-state index in [1.807, 2.05) is 12.1 Å². The van der Waals surface area contributed by atoms with E-state index in [1.165, 1.54) is 24.8 Å². The van der Waals surface area contributed by atoms with E-state index in [2.05, 4.69) is 24.4 Å². The fraction of sp³-hybridized carbons (Fsp3) is 0.625. The quantitative estimate of drug-likeness (QED) is 0.804. The lowest BCUT2D eigenvalue weighted by atomic mass is 9.73. The summed E-state index contributed by atoms with van der Waals surface area (Å²) < 4.78 is 5.11. The van der Waals surface area contributed by atoms with Gasteiger partial charge in [0.25, 0.3) is 0 Å². The van der Waals surface area contributed by atoms with Crippen molar-refractivity contribution in [3.8, 4) is 0 Å². The molecule has 0 heterocycles. The monoisotopic (exact) mass is 281 g/mol. The van der Waals surface area contributed by atoms with E-state index in [0.717, 1.165) is 24.7 Å². The number of ether oxygens (including phenoxy) is 1. The normalized spacial score (nSPS) is 26.8. The molecule has 0 aliphatic heterocycles. The van der Waals surface area contributed by atoms with E-state index in [1.54, 1.807) is 7.11 Å². The standard InChI is InChI=1S/C16H24ClNO/c1-13-4-3-9-16(13,12-18-10-11-19-2)14-5-7-15(17)8-6-14/h5-8,13,18H,3-4,9-12H2,1-2H3. The number of methoxy groups -OCH3 is 1. The maximum atomic E-state index is 6.01. The molecule has 1 fully saturated rings. The van der Waals surface area contributed by atoms with E-state index in [0.29, 0.717) is 5.92 Å². The fourth-order valence-corrected chi connectivity index (χ4v) is 3.43. The third-order valence-electron chi connectivity index (χ3n) is 4.55. The lowest BCUT2D eigenvalue weighted by molar-refractivity contribution is 0.194. The first-order valence-electron chi connectivity index (χ1n) is 7.15. The first kappa shape index (κ1) is 14.8. The molecule has 0 saturated heterocycles. The zero-order chi connectivity index (χ0) is 13.7. The highest BCUT2D eigenvalue weighted by atomic mass is 35.5. The summed E-state index contributed by atoms with van der Waals surface area (Å²) >= 11 is 6.01. The van der Waals surface area contributed by atoms with Crippen LogP contribution in [0.5, 0.6) is 0 Å². The van der Waals surface area contributed by atoms with Gasteiger partial charge in [-0.2, -0.15) is 0 Å². The van der Waals surface area contributed by atoms with Crippen LogP contribution in [0.1, 0.15) is 31.7 Å². The number of hydrogen-bond donors (Lipinski definition) is 1. The van der Waals surface area contributed by atoms with Gasteiger partial charge in [-0.15, -0.1) is 0 Å². The summed E-state index contributed by atoms with van der Waals surface area (Å²) in [7, 11) is 1.74. The lowest BCUT2D eigenvalue weighted by Crippen LogP contribution is -2.41. The van der Waals surface area contributed by atoms with Gasteiger partial charge in [0.05, 0.1) is 6.61 Å². The molecule has 1 N–H and O–H groups in total. The predicted octanol–water partition coefficient (Wildman–Crippen LogP) is 3.63. The minimum absolute atomic E-state index is 0.262. The van der Waals surface area contributed by atoms with Crippen LogP contribution in [-0.4, -0.2) is 26.8 Å². The molecule has 3 heteroatoms. The average Bonchev–Trinajstić information content (AvgIpc) is 2.78. The Morgan fingerprint density at radius 3 is 2.68 bits per heavy atom. The van der Waals surface area contributed by atoms with Crippen LogP contribution >= 0.6 is 11.6 Å². The van der Waals surface area contributed by atoms with Gasteiger partial charge in [-0.3, -0.25) is 0 Å². The van der Waals surface area contributed by atoms with E-state index in [4.69, 9.17) is 16.3 Å². The van der Waals surface area contributed by atoms with Crippen LogP contribution in [0.3, 0.4) is 0 Å². The molecule has 2 rings (SSSR count). The SMILES string of the molecule is COCCNCC1(c2ccc(Cl)cc2)CCCC1C. The second kappa shape index (κ2) is 6.74. The zero-order valence-electron chi connectivity index (χ0n) is 11.9. The highest BCUT2D eigenvalue weighted by Crippen LogP contribution is 2.45. The van der Waals surface area contributed by atoms with Crippen molar-refractivity contribution in [3.63, 3.8) is 0 Å². The Bertz CT molecular complexity index is 392. The first-order valence-corrected chi connectivity index (χ1v) is 7.52. The van der Waals surface area contributed by atoms with Gasteiger partial charge in [-0.25, -0.2) is 0 Å². The number of benzene rings is 1. The number of nitrogens with one attached hydrogen (secondary N) is 1. The Morgan fingerprint density at radius 1 is 1.37 bits per heavy atom. The van der Waals surface area contributed by atoms with Gasteiger partial charge >= 0.3 is 0 Å². The van der Waals surface area contributed by atoms with Gasteiger partial charge in [-0.05, 0) is 36.5 Å². The van der Waals surface area contributed by atoms with Crippen LogP contribution in [-0.2, 0) is 10.2 Å². The van der Waals surface area contributed by atoms with Gasteiger partial charge in [0.1, 0.15) is 0 Å². The van der Waals surface area contributed by atoms with Crippen LogP contribution in [0, 0.1) is 5.92 Å². The molecular weight excluding hydrogens is 258 g/mol. The minimum atomic E-state index is 0.262. The van der Waals surface area contributed by atoms with Crippen LogP contribution in [0.25, 0.3) is 0 Å². The zero-order valence-corrected chi connectivity index (χ0v) is 12.7. The Morgan fingerprint density at radius 2 is 2.11 bits per heavy atom. The van der Waals surface area contributed by atoms with Crippen molar-refractivity contribution in [2.24, 2.45) is 5.92 Å². The van der Waals surface area contributed by atoms with Crippen molar-refractivity contribution in [1.82, 2.24) is 5.32 Å². The van der Waals surface area contributed by atoms with Crippen LogP contribution < -0.4 is 5.32 Å². The topological polar surface area (TPSA) is 21.3 Å². The Hall–Kier alpha value is -0.570. The largest absolute Gasteiger partial charge is 0.383 e. The molecule has 0 spiro atoms. The van der Waals surface area contributed by atoms with E-state index >= 15 is 0 Å². The molecule has 1 aliphatic rings. The van der Waals surface area contributed by atoms with Gasteiger partial charge in [0.2, 0.25) is 0 Å². The molecule has 1 aromatic rings. The molecule has 1 saturated carbocycles. The summed E-state index contributed by atoms with van der Waals surface area (Å²) in [5, 5.41) is 4.37. The fourth-order valence-electron chi connectivity index (χ4n) is 3.31. The Labute approximate surface area is 121 Å². The molecule has 0 aromatic heterocycles. The minimum Gasteiger partial charge on any atom is -0.383 e. The van der Waals surface area contributed by atoms with Crippen molar-refractivity contribution < 1.29 is 4.74 Å². The summed E-state index contributed by atoms with van der Waals surface area (Å²) in [6, 6.07) is 8.42. The molecule has 0 bridgehead atoms. The second-order valence-corrected chi connectivity index (χ2v) is 6.06. The third-order valence-corrected chi connectivity index (χ3v) is 4.80. The van der Waals surface area contributed by atoms with Crippen molar-refractivity contribution in [1.29, 1.82) is 0 Å². The van der Waals surface area contributed by atoms with Gasteiger partial charge in [-0.1, -0.05) is 37.1 Å². The summed E-state index contributed by atoms with van der Waals surface area (Å²) in [6.07, 6.45) is 3.89. The van der Waals surface area contributed by atoms with E-state index < -0.39 is 0 Å². The summed E-state index contributed by atoms with van der Waals surface area (Å²) in [5.74, 6) is 0.712. The second-order valence-electron chi connectivity index (χ2n) is 5.63. The van der Waals surface area contributed by atoms with Crippen molar-refractivity contribution >= 4 is 11.6 Å². The Balaban J connectivity index is 2.13. The molecule has 2 unspecified atom stereocenters. The molecule has 106 valence electrons. The van der Waals surface area contributed by atoms with Crippen molar-refractivity contribution in [2.75, 3.05) is 26.8 Å². The van der Waals surface area contributed by atoms with Crippen molar-refractivity contribution in [2.45, 2.75) is 31.6 Å². The number of rotatable bonds is 6. The molecule has 2 atom stereocenters. The third kappa shape index (κ3) is 3.31. The maximum Gasteiger partial charge on any atom is 0.0587 e. The molecule has 19 heavy (non-hydrogen) atoms. The summed E-state index contributed by atoms with van der Waals surface area (Å²) in [5.41, 5.74) is 1.69. The number of halogens is 1. The first-order chi connectivity index (χ1) is 9.19. The van der Waals surface area contributed by atoms with Gasteiger partial charge in [0.15, 0.2) is 0 Å². The summed E-state index contributed by atoms with van der Waals surface area (Å²) in [6.45, 7) is 5.09. The van der Waals surface area contributed by atoms with Crippen LogP contribution in [0.4, 0.5) is 0 Å². The molecule has 1 aliphatic carbocycles. The molecule has 0 amide bonds. The smallest absolute Gasteiger partial charge is 0.0587 e. The van der Waals surface area contributed by atoms with E-state index in [-0.39, 0.29) is 5.41 Å². The number of hydrogen-bond acceptors (Lipinski definition) is 2. The molecule has 2 nitrogen and oxygen atoms in total. The maximum absolute atomic E-state index is 6.01. The average molecular weight is 282 g/mol. The lowest BCUT2D eigenvalue weighted by Gasteiger charge is -2.35. The Kier molecular flexibility index (Phi) is 5.26. The molecule has 0 radical (unpaired) electrons. The van der Waals surface area contributed by atoms with Gasteiger partial charge in [0, 0.05) is 30.6 Å². The van der Waals surface area contributed by atoms with Crippen LogP contribution in [0.2, 0.25) is 5.02 Å². The van der Waals surface area contributed by atoms with Crippen molar-refractivity contribution in [3.05, 3.63) is 34.9 Å². The predicted molar refractivity (Wildman–Crippen MR) is 80.9 cm³/mol. The summed E-state index contributed by atoms with van der Waals surface area (Å²) in [4.78, 5) is 0. The van der Waals surface area contributed by atoms with Crippen LogP contribution in [0.15, 0.2) is 24.3 Å². The van der Waals surface area contributed by atoms with E-state index in [9.17, 15) is 0 Å².